The summed E-state index contributed by atoms with van der Waals surface area (Å²) in [7, 11) is 0. The predicted molar refractivity (Wildman–Crippen MR) is 87.6 cm³/mol. The van der Waals surface area contributed by atoms with Crippen LogP contribution in [0, 0.1) is 13.8 Å². The van der Waals surface area contributed by atoms with Gasteiger partial charge in [-0.15, -0.1) is 0 Å². The smallest absolute Gasteiger partial charge is 0.162 e. The third kappa shape index (κ3) is 3.38. The Morgan fingerprint density at radius 1 is 1.19 bits per heavy atom. The molecule has 0 bridgehead atoms. The molecule has 2 heterocycles. The van der Waals surface area contributed by atoms with Crippen molar-refractivity contribution in [3.05, 3.63) is 35.3 Å². The minimum atomic E-state index is 0.400. The second-order valence-corrected chi connectivity index (χ2v) is 5.67. The molecule has 4 heteroatoms. The van der Waals surface area contributed by atoms with Gasteiger partial charge < -0.3 is 5.32 Å². The second kappa shape index (κ2) is 6.66. The Kier molecular flexibility index (Phi) is 4.89. The standard InChI is InChI=1S/C17H24N4/c1-6-8-19-17-15(11(2)3)13(5)20-16(21-17)14-7-9-18-10-12(14)4/h7,9-11H,6,8H2,1-5H3,(H,19,20,21). The van der Waals surface area contributed by atoms with Gasteiger partial charge in [0.2, 0.25) is 0 Å². The summed E-state index contributed by atoms with van der Waals surface area (Å²) >= 11 is 0. The van der Waals surface area contributed by atoms with E-state index in [4.69, 9.17) is 9.97 Å². The van der Waals surface area contributed by atoms with Crippen LogP contribution in [0.5, 0.6) is 0 Å². The topological polar surface area (TPSA) is 50.7 Å². The first kappa shape index (κ1) is 15.4. The van der Waals surface area contributed by atoms with Gasteiger partial charge in [-0.3, -0.25) is 4.98 Å². The highest BCUT2D eigenvalue weighted by molar-refractivity contribution is 5.63. The van der Waals surface area contributed by atoms with E-state index in [-0.39, 0.29) is 0 Å². The van der Waals surface area contributed by atoms with Crippen LogP contribution < -0.4 is 5.32 Å². The number of pyridine rings is 1. The zero-order valence-corrected chi connectivity index (χ0v) is 13.6. The number of nitrogens with zero attached hydrogens (tertiary/aromatic N) is 3. The molecule has 0 atom stereocenters. The Hall–Kier alpha value is -1.97. The van der Waals surface area contributed by atoms with Crippen LogP contribution in [0.1, 0.15) is 49.9 Å². The van der Waals surface area contributed by atoms with E-state index in [0.29, 0.717) is 5.92 Å². The molecule has 0 saturated carbocycles. The molecule has 112 valence electrons. The Morgan fingerprint density at radius 3 is 2.57 bits per heavy atom. The molecule has 0 amide bonds. The fourth-order valence-electron chi connectivity index (χ4n) is 2.50. The third-order valence-electron chi connectivity index (χ3n) is 3.52. The van der Waals surface area contributed by atoms with Crippen LogP contribution in [0.2, 0.25) is 0 Å². The Balaban J connectivity index is 2.54. The molecule has 2 aromatic rings. The highest BCUT2D eigenvalue weighted by atomic mass is 15.0. The molecule has 0 unspecified atom stereocenters. The van der Waals surface area contributed by atoms with Crippen LogP contribution in [-0.2, 0) is 0 Å². The Labute approximate surface area is 127 Å². The molecule has 2 aromatic heterocycles. The van der Waals surface area contributed by atoms with Crippen LogP contribution in [0.25, 0.3) is 11.4 Å². The van der Waals surface area contributed by atoms with Crippen LogP contribution >= 0.6 is 0 Å². The molecule has 0 saturated heterocycles. The fraction of sp³-hybridized carbons (Fsp3) is 0.471. The lowest BCUT2D eigenvalue weighted by atomic mass is 10.0. The highest BCUT2D eigenvalue weighted by Gasteiger charge is 2.16. The molecule has 0 aliphatic carbocycles. The number of hydrogen-bond donors (Lipinski definition) is 1. The van der Waals surface area contributed by atoms with Gasteiger partial charge in [0.25, 0.3) is 0 Å². The largest absolute Gasteiger partial charge is 0.370 e. The molecule has 4 nitrogen and oxygen atoms in total. The van der Waals surface area contributed by atoms with E-state index < -0.39 is 0 Å². The van der Waals surface area contributed by atoms with Gasteiger partial charge in [0.1, 0.15) is 5.82 Å². The Morgan fingerprint density at radius 2 is 1.95 bits per heavy atom. The van der Waals surface area contributed by atoms with Gasteiger partial charge in [0.15, 0.2) is 5.82 Å². The first-order valence-corrected chi connectivity index (χ1v) is 7.58. The lowest BCUT2D eigenvalue weighted by Gasteiger charge is -2.17. The lowest BCUT2D eigenvalue weighted by Crippen LogP contribution is -2.11. The number of rotatable bonds is 5. The summed E-state index contributed by atoms with van der Waals surface area (Å²) in [6.45, 7) is 11.5. The molecule has 2 rings (SSSR count). The highest BCUT2D eigenvalue weighted by Crippen LogP contribution is 2.29. The van der Waals surface area contributed by atoms with Crippen molar-refractivity contribution in [1.29, 1.82) is 0 Å². The van der Waals surface area contributed by atoms with Crippen LogP contribution in [0.3, 0.4) is 0 Å². The van der Waals surface area contributed by atoms with Gasteiger partial charge >= 0.3 is 0 Å². The van der Waals surface area contributed by atoms with Gasteiger partial charge in [-0.25, -0.2) is 9.97 Å². The summed E-state index contributed by atoms with van der Waals surface area (Å²) in [6, 6.07) is 1.97. The summed E-state index contributed by atoms with van der Waals surface area (Å²) in [5, 5.41) is 3.45. The molecule has 0 fully saturated rings. The van der Waals surface area contributed by atoms with Crippen molar-refractivity contribution < 1.29 is 0 Å². The molecule has 1 N–H and O–H groups in total. The average Bonchev–Trinajstić information content (AvgIpc) is 2.44. The first-order chi connectivity index (χ1) is 10.0. The minimum Gasteiger partial charge on any atom is -0.370 e. The molecular formula is C17H24N4. The van der Waals surface area contributed by atoms with E-state index in [1.807, 2.05) is 19.2 Å². The monoisotopic (exact) mass is 284 g/mol. The quantitative estimate of drug-likeness (QED) is 0.898. The van der Waals surface area contributed by atoms with Crippen molar-refractivity contribution >= 4 is 5.82 Å². The number of anilines is 1. The fourth-order valence-corrected chi connectivity index (χ4v) is 2.50. The maximum atomic E-state index is 4.77. The van der Waals surface area contributed by atoms with Crippen molar-refractivity contribution in [2.45, 2.75) is 47.0 Å². The number of hydrogen-bond acceptors (Lipinski definition) is 4. The van der Waals surface area contributed by atoms with Crippen LogP contribution in [-0.4, -0.2) is 21.5 Å². The van der Waals surface area contributed by atoms with Crippen molar-refractivity contribution in [1.82, 2.24) is 15.0 Å². The maximum Gasteiger partial charge on any atom is 0.162 e. The Bertz CT molecular complexity index is 620. The van der Waals surface area contributed by atoms with Gasteiger partial charge in [0.05, 0.1) is 0 Å². The van der Waals surface area contributed by atoms with E-state index in [9.17, 15) is 0 Å². The van der Waals surface area contributed by atoms with Gasteiger partial charge in [-0.2, -0.15) is 0 Å². The van der Waals surface area contributed by atoms with Crippen molar-refractivity contribution in [2.24, 2.45) is 0 Å². The predicted octanol–water partition coefficient (Wildman–Crippen LogP) is 4.10. The maximum absolute atomic E-state index is 4.77. The summed E-state index contributed by atoms with van der Waals surface area (Å²) < 4.78 is 0. The second-order valence-electron chi connectivity index (χ2n) is 5.67. The summed E-state index contributed by atoms with van der Waals surface area (Å²) in [6.07, 6.45) is 4.71. The number of aryl methyl sites for hydroxylation is 2. The van der Waals surface area contributed by atoms with Gasteiger partial charge in [0, 0.05) is 35.8 Å². The van der Waals surface area contributed by atoms with Gasteiger partial charge in [-0.05, 0) is 37.8 Å². The molecular weight excluding hydrogens is 260 g/mol. The molecule has 0 spiro atoms. The molecule has 0 aromatic carbocycles. The molecule has 0 radical (unpaired) electrons. The zero-order chi connectivity index (χ0) is 15.4. The summed E-state index contributed by atoms with van der Waals surface area (Å²) in [5.74, 6) is 2.14. The van der Waals surface area contributed by atoms with E-state index in [1.54, 1.807) is 6.20 Å². The SMILES string of the molecule is CCCNc1nc(-c2ccncc2C)nc(C)c1C(C)C. The van der Waals surface area contributed by atoms with E-state index in [2.05, 4.69) is 38.0 Å². The number of nitrogens with one attached hydrogen (secondary N) is 1. The third-order valence-corrected chi connectivity index (χ3v) is 3.52. The summed E-state index contributed by atoms with van der Waals surface area (Å²) in [4.78, 5) is 13.6. The normalized spacial score (nSPS) is 11.0. The molecule has 0 aliphatic rings. The molecule has 21 heavy (non-hydrogen) atoms. The first-order valence-electron chi connectivity index (χ1n) is 7.58. The molecule has 0 aliphatic heterocycles. The van der Waals surface area contributed by atoms with Gasteiger partial charge in [-0.1, -0.05) is 20.8 Å². The van der Waals surface area contributed by atoms with E-state index in [1.165, 1.54) is 5.56 Å². The van der Waals surface area contributed by atoms with Crippen LogP contribution in [0.15, 0.2) is 18.5 Å². The van der Waals surface area contributed by atoms with Crippen molar-refractivity contribution in [3.63, 3.8) is 0 Å². The van der Waals surface area contributed by atoms with Crippen LogP contribution in [0.4, 0.5) is 5.82 Å². The van der Waals surface area contributed by atoms with Crippen molar-refractivity contribution in [3.8, 4) is 11.4 Å². The lowest BCUT2D eigenvalue weighted by molar-refractivity contribution is 0.826. The number of aromatic nitrogens is 3. The summed E-state index contributed by atoms with van der Waals surface area (Å²) in [5.41, 5.74) is 4.39. The van der Waals surface area contributed by atoms with Crippen molar-refractivity contribution in [2.75, 3.05) is 11.9 Å². The minimum absolute atomic E-state index is 0.400. The van der Waals surface area contributed by atoms with E-state index in [0.717, 1.165) is 41.4 Å². The van der Waals surface area contributed by atoms with E-state index >= 15 is 0 Å². The zero-order valence-electron chi connectivity index (χ0n) is 13.6. The average molecular weight is 284 g/mol.